The Bertz CT molecular complexity index is 475. The van der Waals surface area contributed by atoms with Crippen molar-refractivity contribution in [3.8, 4) is 0 Å². The zero-order chi connectivity index (χ0) is 11.2. The first-order valence-corrected chi connectivity index (χ1v) is 4.13. The van der Waals surface area contributed by atoms with Crippen molar-refractivity contribution in [3.63, 3.8) is 0 Å². The molecule has 0 saturated heterocycles. The number of esters is 2. The van der Waals surface area contributed by atoms with Crippen LogP contribution in [0.1, 0.15) is 32.8 Å². The first-order chi connectivity index (χ1) is 7.00. The quantitative estimate of drug-likeness (QED) is 0.423. The molecule has 0 fully saturated rings. The Kier molecular flexibility index (Phi) is 2.15. The van der Waals surface area contributed by atoms with Crippen LogP contribution >= 0.6 is 11.6 Å². The van der Waals surface area contributed by atoms with E-state index >= 15 is 0 Å². The summed E-state index contributed by atoms with van der Waals surface area (Å²) in [6, 6.07) is 0.838. The van der Waals surface area contributed by atoms with Crippen molar-refractivity contribution in [2.45, 2.75) is 6.43 Å². The highest BCUT2D eigenvalue weighted by Crippen LogP contribution is 2.31. The Morgan fingerprint density at radius 3 is 2.60 bits per heavy atom. The molecule has 2 rings (SSSR count). The van der Waals surface area contributed by atoms with E-state index in [1.54, 1.807) is 0 Å². The second-order valence-corrected chi connectivity index (χ2v) is 3.12. The van der Waals surface area contributed by atoms with E-state index in [-0.39, 0.29) is 5.15 Å². The van der Waals surface area contributed by atoms with Crippen LogP contribution in [-0.2, 0) is 4.74 Å². The van der Waals surface area contributed by atoms with Gasteiger partial charge < -0.3 is 4.74 Å². The number of carbonyl (C=O) groups is 2. The molecular formula is C8H2ClF2NO3. The van der Waals surface area contributed by atoms with Crippen LogP contribution in [0, 0.1) is 0 Å². The van der Waals surface area contributed by atoms with E-state index in [1.165, 1.54) is 0 Å². The number of hydrogen-bond donors (Lipinski definition) is 0. The molecule has 0 N–H and O–H groups in total. The molecule has 0 aliphatic carbocycles. The third-order valence-electron chi connectivity index (χ3n) is 1.84. The Morgan fingerprint density at radius 2 is 2.00 bits per heavy atom. The van der Waals surface area contributed by atoms with Crippen LogP contribution in [0.25, 0.3) is 0 Å². The number of pyridine rings is 1. The third-order valence-corrected chi connectivity index (χ3v) is 2.03. The monoisotopic (exact) mass is 233 g/mol. The summed E-state index contributed by atoms with van der Waals surface area (Å²) in [5.74, 6) is -2.17. The Morgan fingerprint density at radius 1 is 1.33 bits per heavy atom. The number of alkyl halides is 2. The summed E-state index contributed by atoms with van der Waals surface area (Å²) in [4.78, 5) is 25.5. The molecule has 0 spiro atoms. The van der Waals surface area contributed by atoms with E-state index in [0.29, 0.717) is 0 Å². The molecule has 0 radical (unpaired) electrons. The van der Waals surface area contributed by atoms with Crippen molar-refractivity contribution in [1.29, 1.82) is 0 Å². The predicted octanol–water partition coefficient (Wildman–Crippen LogP) is 1.98. The molecule has 0 atom stereocenters. The van der Waals surface area contributed by atoms with Gasteiger partial charge in [-0.25, -0.2) is 23.4 Å². The average Bonchev–Trinajstić information content (AvgIpc) is 2.41. The molecule has 0 amide bonds. The normalized spacial score (nSPS) is 14.4. The molecule has 1 aliphatic heterocycles. The lowest BCUT2D eigenvalue weighted by Gasteiger charge is -2.02. The molecule has 1 aliphatic rings. The van der Waals surface area contributed by atoms with Crippen molar-refractivity contribution in [2.24, 2.45) is 0 Å². The second-order valence-electron chi connectivity index (χ2n) is 2.74. The van der Waals surface area contributed by atoms with Crippen LogP contribution in [0.4, 0.5) is 8.78 Å². The van der Waals surface area contributed by atoms with Gasteiger partial charge in [0.15, 0.2) is 5.69 Å². The Balaban J connectivity index is 2.73. The zero-order valence-electron chi connectivity index (χ0n) is 6.96. The number of cyclic esters (lactones) is 2. The SMILES string of the molecule is O=C1OC(=O)c2c(C(F)F)cc(Cl)nc21. The largest absolute Gasteiger partial charge is 0.384 e. The van der Waals surface area contributed by atoms with Gasteiger partial charge in [-0.15, -0.1) is 0 Å². The Labute approximate surface area is 86.8 Å². The van der Waals surface area contributed by atoms with Gasteiger partial charge in [-0.2, -0.15) is 0 Å². The summed E-state index contributed by atoms with van der Waals surface area (Å²) >= 11 is 5.42. The lowest BCUT2D eigenvalue weighted by Crippen LogP contribution is -2.02. The number of ether oxygens (including phenoxy) is 1. The van der Waals surface area contributed by atoms with Crippen molar-refractivity contribution in [3.05, 3.63) is 28.0 Å². The maximum Gasteiger partial charge on any atom is 0.365 e. The van der Waals surface area contributed by atoms with Gasteiger partial charge in [0.05, 0.1) is 0 Å². The number of carbonyl (C=O) groups excluding carboxylic acids is 2. The minimum atomic E-state index is -2.92. The summed E-state index contributed by atoms with van der Waals surface area (Å²) in [6.07, 6.45) is -2.92. The van der Waals surface area contributed by atoms with Crippen molar-refractivity contribution in [1.82, 2.24) is 4.98 Å². The lowest BCUT2D eigenvalue weighted by atomic mass is 10.1. The molecule has 15 heavy (non-hydrogen) atoms. The topological polar surface area (TPSA) is 56.3 Å². The van der Waals surface area contributed by atoms with Crippen LogP contribution in [0.2, 0.25) is 5.15 Å². The summed E-state index contributed by atoms with van der Waals surface area (Å²) in [6.45, 7) is 0. The van der Waals surface area contributed by atoms with Crippen LogP contribution < -0.4 is 0 Å². The highest BCUT2D eigenvalue weighted by atomic mass is 35.5. The second kappa shape index (κ2) is 3.23. The average molecular weight is 234 g/mol. The van der Waals surface area contributed by atoms with Gasteiger partial charge in [0.1, 0.15) is 10.7 Å². The summed E-state index contributed by atoms with van der Waals surface area (Å²) in [5, 5.41) is -0.282. The Hall–Kier alpha value is -1.56. The van der Waals surface area contributed by atoms with Crippen molar-refractivity contribution in [2.75, 3.05) is 0 Å². The number of hydrogen-bond acceptors (Lipinski definition) is 4. The minimum absolute atomic E-state index is 0.282. The predicted molar refractivity (Wildman–Crippen MR) is 44.0 cm³/mol. The number of rotatable bonds is 1. The molecule has 2 heterocycles. The van der Waals surface area contributed by atoms with Gasteiger partial charge >= 0.3 is 11.9 Å². The fraction of sp³-hybridized carbons (Fsp3) is 0.125. The summed E-state index contributed by atoms with van der Waals surface area (Å²) in [7, 11) is 0. The van der Waals surface area contributed by atoms with E-state index in [1.807, 2.05) is 0 Å². The molecular weight excluding hydrogens is 232 g/mol. The van der Waals surface area contributed by atoms with E-state index in [4.69, 9.17) is 11.6 Å². The van der Waals surface area contributed by atoms with Gasteiger partial charge in [-0.05, 0) is 6.07 Å². The minimum Gasteiger partial charge on any atom is -0.384 e. The first kappa shape index (κ1) is 9.97. The van der Waals surface area contributed by atoms with Crippen LogP contribution in [0.3, 0.4) is 0 Å². The third kappa shape index (κ3) is 1.46. The van der Waals surface area contributed by atoms with Crippen LogP contribution in [-0.4, -0.2) is 16.9 Å². The first-order valence-electron chi connectivity index (χ1n) is 3.76. The highest BCUT2D eigenvalue weighted by molar-refractivity contribution is 6.30. The fourth-order valence-corrected chi connectivity index (χ4v) is 1.45. The lowest BCUT2D eigenvalue weighted by molar-refractivity contribution is 0.0438. The molecule has 0 saturated carbocycles. The number of nitrogens with zero attached hydrogens (tertiary/aromatic N) is 1. The van der Waals surface area contributed by atoms with Gasteiger partial charge in [0.2, 0.25) is 0 Å². The zero-order valence-corrected chi connectivity index (χ0v) is 7.72. The molecule has 0 unspecified atom stereocenters. The van der Waals surface area contributed by atoms with Crippen LogP contribution in [0.5, 0.6) is 0 Å². The molecule has 78 valence electrons. The standard InChI is InChI=1S/C8H2ClF2NO3/c9-3-1-2(6(10)11)4-5(12-3)8(14)15-7(4)13/h1,6H. The molecule has 1 aromatic heterocycles. The van der Waals surface area contributed by atoms with Crippen molar-refractivity contribution >= 4 is 23.5 Å². The maximum atomic E-state index is 12.5. The van der Waals surface area contributed by atoms with Crippen molar-refractivity contribution < 1.29 is 23.1 Å². The fourth-order valence-electron chi connectivity index (χ4n) is 1.25. The van der Waals surface area contributed by atoms with Crippen LogP contribution in [0.15, 0.2) is 6.07 Å². The number of fused-ring (bicyclic) bond motifs is 1. The van der Waals surface area contributed by atoms with Gasteiger partial charge in [-0.3, -0.25) is 0 Å². The van der Waals surface area contributed by atoms with Gasteiger partial charge in [0, 0.05) is 5.56 Å². The number of aromatic nitrogens is 1. The van der Waals surface area contributed by atoms with E-state index in [9.17, 15) is 18.4 Å². The molecule has 7 heteroatoms. The smallest absolute Gasteiger partial charge is 0.365 e. The van der Waals surface area contributed by atoms with E-state index < -0.39 is 35.2 Å². The highest BCUT2D eigenvalue weighted by Gasteiger charge is 2.36. The van der Waals surface area contributed by atoms with Gasteiger partial charge in [-0.1, -0.05) is 11.6 Å². The maximum absolute atomic E-state index is 12.5. The van der Waals surface area contributed by atoms with Gasteiger partial charge in [0.25, 0.3) is 6.43 Å². The summed E-state index contributed by atoms with van der Waals surface area (Å²) < 4.78 is 29.1. The molecule has 0 aromatic carbocycles. The van der Waals surface area contributed by atoms with E-state index in [0.717, 1.165) is 6.07 Å². The molecule has 1 aromatic rings. The number of halogens is 3. The molecule has 0 bridgehead atoms. The molecule has 4 nitrogen and oxygen atoms in total. The van der Waals surface area contributed by atoms with E-state index in [2.05, 4.69) is 9.72 Å². The summed E-state index contributed by atoms with van der Waals surface area (Å²) in [5.41, 5.74) is -1.59.